The van der Waals surface area contributed by atoms with Crippen LogP contribution in [0.15, 0.2) is 41.2 Å². The lowest BCUT2D eigenvalue weighted by Gasteiger charge is -2.24. The predicted octanol–water partition coefficient (Wildman–Crippen LogP) is 4.61. The molecule has 2 aromatic heterocycles. The average molecular weight is 511 g/mol. The van der Waals surface area contributed by atoms with Crippen molar-refractivity contribution in [2.75, 3.05) is 46.0 Å². The molecule has 1 aliphatic carbocycles. The highest BCUT2D eigenvalue weighted by atomic mass is 32.2. The molecule has 0 saturated heterocycles. The summed E-state index contributed by atoms with van der Waals surface area (Å²) in [5, 5.41) is 1.22. The summed E-state index contributed by atoms with van der Waals surface area (Å²) in [7, 11) is 2.89. The smallest absolute Gasteiger partial charge is 0.263 e. The van der Waals surface area contributed by atoms with Crippen LogP contribution in [0.3, 0.4) is 0 Å². The molecule has 2 aliphatic rings. The fourth-order valence-electron chi connectivity index (χ4n) is 5.78. The first-order valence-electron chi connectivity index (χ1n) is 13.3. The Morgan fingerprint density at radius 2 is 1.67 bits per heavy atom. The van der Waals surface area contributed by atoms with Crippen LogP contribution in [-0.2, 0) is 17.5 Å². The van der Waals surface area contributed by atoms with Gasteiger partial charge in [-0.05, 0) is 69.6 Å². The summed E-state index contributed by atoms with van der Waals surface area (Å²) in [4.78, 5) is 17.7. The molecule has 5 rings (SSSR count). The standard InChI is InChI=1S/C28H38N4O3S/c1-30-12-6-18-36(34)29-28(33)22-9-10-24-25(19-22)32(16-15-31(2)14-13-30)27(23-11-17-35-20-23)26(24)21-7-4-3-5-8-21/h9-11,17,19-21H,3-8,12-16,18H2,1-2H3,(H,29,33). The number of carbonyl (C=O) groups is 1. The number of rotatable bonds is 2. The monoisotopic (exact) mass is 510 g/mol. The van der Waals surface area contributed by atoms with Crippen molar-refractivity contribution in [1.29, 1.82) is 0 Å². The first-order valence-corrected chi connectivity index (χ1v) is 14.6. The Morgan fingerprint density at radius 3 is 2.42 bits per heavy atom. The molecule has 1 unspecified atom stereocenters. The molecule has 1 aromatic carbocycles. The summed E-state index contributed by atoms with van der Waals surface area (Å²) < 4.78 is 23.2. The van der Waals surface area contributed by atoms with Gasteiger partial charge in [0, 0.05) is 54.0 Å². The highest BCUT2D eigenvalue weighted by Crippen LogP contribution is 2.44. The quantitative estimate of drug-likeness (QED) is 0.545. The van der Waals surface area contributed by atoms with Gasteiger partial charge in [0.15, 0.2) is 0 Å². The molecule has 36 heavy (non-hydrogen) atoms. The van der Waals surface area contributed by atoms with Crippen molar-refractivity contribution in [1.82, 2.24) is 19.1 Å². The molecule has 0 spiro atoms. The number of amides is 1. The van der Waals surface area contributed by atoms with E-state index in [9.17, 15) is 9.00 Å². The molecule has 7 nitrogen and oxygen atoms in total. The minimum absolute atomic E-state index is 0.273. The third kappa shape index (κ3) is 5.45. The summed E-state index contributed by atoms with van der Waals surface area (Å²) in [6.07, 6.45) is 10.6. The molecule has 3 aromatic rings. The first kappa shape index (κ1) is 25.2. The number of likely N-dealkylation sites (N-methyl/N-ethyl adjacent to an activating group) is 2. The topological polar surface area (TPSA) is 70.7 Å². The Balaban J connectivity index is 1.64. The van der Waals surface area contributed by atoms with Gasteiger partial charge < -0.3 is 18.8 Å². The zero-order valence-electron chi connectivity index (χ0n) is 21.5. The van der Waals surface area contributed by atoms with Gasteiger partial charge in [-0.1, -0.05) is 25.3 Å². The molecule has 8 heteroatoms. The van der Waals surface area contributed by atoms with Crippen molar-refractivity contribution in [3.8, 4) is 11.3 Å². The number of carbonyl (C=O) groups excluding carboxylic acids is 1. The second-order valence-corrected chi connectivity index (χ2v) is 11.7. The lowest BCUT2D eigenvalue weighted by molar-refractivity contribution is 0.0983. The van der Waals surface area contributed by atoms with Gasteiger partial charge in [-0.25, -0.2) is 4.21 Å². The molecule has 0 radical (unpaired) electrons. The van der Waals surface area contributed by atoms with Crippen LogP contribution in [0.4, 0.5) is 0 Å². The molecular formula is C28H38N4O3S. The normalized spacial score (nSPS) is 22.3. The van der Waals surface area contributed by atoms with E-state index in [-0.39, 0.29) is 5.91 Å². The van der Waals surface area contributed by atoms with E-state index >= 15 is 0 Å². The first-order chi connectivity index (χ1) is 17.5. The molecule has 1 N–H and O–H groups in total. The Bertz CT molecular complexity index is 1210. The van der Waals surface area contributed by atoms with E-state index < -0.39 is 11.0 Å². The van der Waals surface area contributed by atoms with Crippen LogP contribution in [0.25, 0.3) is 22.2 Å². The molecule has 1 fully saturated rings. The van der Waals surface area contributed by atoms with E-state index in [0.29, 0.717) is 17.2 Å². The highest BCUT2D eigenvalue weighted by molar-refractivity contribution is 7.83. The summed E-state index contributed by atoms with van der Waals surface area (Å²) >= 11 is 0. The second-order valence-electron chi connectivity index (χ2n) is 10.4. The second kappa shape index (κ2) is 11.3. The van der Waals surface area contributed by atoms with E-state index in [1.165, 1.54) is 48.7 Å². The maximum Gasteiger partial charge on any atom is 0.263 e. The number of benzene rings is 1. The maximum absolute atomic E-state index is 13.1. The van der Waals surface area contributed by atoms with Crippen molar-refractivity contribution in [2.45, 2.75) is 51.0 Å². The van der Waals surface area contributed by atoms with Crippen molar-refractivity contribution in [2.24, 2.45) is 0 Å². The van der Waals surface area contributed by atoms with Gasteiger partial charge in [0.25, 0.3) is 5.91 Å². The zero-order valence-corrected chi connectivity index (χ0v) is 22.3. The van der Waals surface area contributed by atoms with Crippen LogP contribution in [0.5, 0.6) is 0 Å². The average Bonchev–Trinajstić information content (AvgIpc) is 3.52. The van der Waals surface area contributed by atoms with E-state index in [4.69, 9.17) is 4.42 Å². The molecule has 1 aliphatic heterocycles. The molecule has 1 atom stereocenters. The van der Waals surface area contributed by atoms with Gasteiger partial charge >= 0.3 is 0 Å². The Labute approximate surface area is 216 Å². The van der Waals surface area contributed by atoms with Crippen LogP contribution in [0, 0.1) is 0 Å². The van der Waals surface area contributed by atoms with Gasteiger partial charge in [0.1, 0.15) is 11.0 Å². The molecule has 1 amide bonds. The Hall–Kier alpha value is -2.42. The molecule has 3 heterocycles. The minimum atomic E-state index is -1.39. The van der Waals surface area contributed by atoms with Gasteiger partial charge in [-0.3, -0.25) is 9.52 Å². The van der Waals surface area contributed by atoms with Crippen LogP contribution in [0.2, 0.25) is 0 Å². The Kier molecular flexibility index (Phi) is 7.93. The lowest BCUT2D eigenvalue weighted by Crippen LogP contribution is -2.34. The van der Waals surface area contributed by atoms with Crippen LogP contribution >= 0.6 is 0 Å². The van der Waals surface area contributed by atoms with Gasteiger partial charge in [0.05, 0.1) is 18.2 Å². The van der Waals surface area contributed by atoms with Crippen LogP contribution in [0.1, 0.15) is 60.4 Å². The van der Waals surface area contributed by atoms with Crippen LogP contribution in [-0.4, -0.2) is 70.5 Å². The number of nitrogens with one attached hydrogen (secondary N) is 1. The van der Waals surface area contributed by atoms with E-state index in [0.717, 1.165) is 50.2 Å². The van der Waals surface area contributed by atoms with Crippen molar-refractivity contribution >= 4 is 27.8 Å². The number of aromatic nitrogens is 1. The van der Waals surface area contributed by atoms with Gasteiger partial charge in [-0.15, -0.1) is 0 Å². The molecule has 194 valence electrons. The lowest BCUT2D eigenvalue weighted by atomic mass is 9.82. The number of hydrogen-bond donors (Lipinski definition) is 1. The summed E-state index contributed by atoms with van der Waals surface area (Å²) in [6, 6.07) is 8.06. The summed E-state index contributed by atoms with van der Waals surface area (Å²) in [5.41, 5.74) is 5.33. The summed E-state index contributed by atoms with van der Waals surface area (Å²) in [5.74, 6) is 0.686. The predicted molar refractivity (Wildman–Crippen MR) is 146 cm³/mol. The number of hydrogen-bond acceptors (Lipinski definition) is 5. The third-order valence-corrected chi connectivity index (χ3v) is 8.89. The number of fused-ring (bicyclic) bond motifs is 1. The summed E-state index contributed by atoms with van der Waals surface area (Å²) in [6.45, 7) is 4.51. The van der Waals surface area contributed by atoms with Crippen molar-refractivity contribution in [3.05, 3.63) is 47.9 Å². The zero-order chi connectivity index (χ0) is 25.1. The fourth-order valence-corrected chi connectivity index (χ4v) is 6.60. The molecule has 1 saturated carbocycles. The molecule has 2 bridgehead atoms. The van der Waals surface area contributed by atoms with Gasteiger partial charge in [0.2, 0.25) is 0 Å². The largest absolute Gasteiger partial charge is 0.472 e. The highest BCUT2D eigenvalue weighted by Gasteiger charge is 2.27. The number of furan rings is 1. The van der Waals surface area contributed by atoms with Crippen LogP contribution < -0.4 is 4.72 Å². The van der Waals surface area contributed by atoms with E-state index in [1.807, 2.05) is 18.4 Å². The van der Waals surface area contributed by atoms with E-state index in [2.05, 4.69) is 45.3 Å². The SMILES string of the molecule is CN1CCCS(=O)NC(=O)c2ccc3c(C4CCCCC4)c(-c4ccoc4)n(c3c2)CCN(C)CC1. The van der Waals surface area contributed by atoms with Gasteiger partial charge in [-0.2, -0.15) is 0 Å². The van der Waals surface area contributed by atoms with Crippen molar-refractivity contribution < 1.29 is 13.4 Å². The third-order valence-electron chi connectivity index (χ3n) is 7.82. The van der Waals surface area contributed by atoms with Crippen molar-refractivity contribution in [3.63, 3.8) is 0 Å². The molecular weight excluding hydrogens is 472 g/mol. The minimum Gasteiger partial charge on any atom is -0.472 e. The van der Waals surface area contributed by atoms with E-state index in [1.54, 1.807) is 6.26 Å². The number of nitrogens with zero attached hydrogens (tertiary/aromatic N) is 3. The fraction of sp³-hybridized carbons (Fsp3) is 0.536. The Morgan fingerprint density at radius 1 is 0.917 bits per heavy atom. The maximum atomic E-state index is 13.1.